The maximum Gasteiger partial charge on any atom is 0.262 e. The predicted molar refractivity (Wildman–Crippen MR) is 81.5 cm³/mol. The van der Waals surface area contributed by atoms with Crippen molar-refractivity contribution < 1.29 is 9.59 Å². The fraction of sp³-hybridized carbons (Fsp3) is 0.375. The summed E-state index contributed by atoms with van der Waals surface area (Å²) < 4.78 is 1.42. The van der Waals surface area contributed by atoms with Crippen LogP contribution in [0, 0.1) is 13.8 Å². The van der Waals surface area contributed by atoms with Gasteiger partial charge in [0.2, 0.25) is 5.91 Å². The SMILES string of the molecule is Cc1cccc2nc(C)n([C@]3(C)CCC(=O)NC3=O)c(=O)c12. The van der Waals surface area contributed by atoms with E-state index in [1.54, 1.807) is 19.9 Å². The lowest BCUT2D eigenvalue weighted by Gasteiger charge is -2.34. The number of amides is 2. The molecule has 6 heteroatoms. The highest BCUT2D eigenvalue weighted by Crippen LogP contribution is 2.27. The molecule has 114 valence electrons. The first-order valence-electron chi connectivity index (χ1n) is 7.18. The largest absolute Gasteiger partial charge is 0.294 e. The van der Waals surface area contributed by atoms with Crippen molar-refractivity contribution >= 4 is 22.7 Å². The van der Waals surface area contributed by atoms with Crippen molar-refractivity contribution in [1.29, 1.82) is 0 Å². The number of aryl methyl sites for hydroxylation is 2. The van der Waals surface area contributed by atoms with Crippen LogP contribution >= 0.6 is 0 Å². The zero-order valence-corrected chi connectivity index (χ0v) is 12.8. The zero-order chi connectivity index (χ0) is 16.1. The number of imide groups is 1. The number of piperidine rings is 1. The van der Waals surface area contributed by atoms with Crippen LogP contribution in [-0.2, 0) is 15.1 Å². The van der Waals surface area contributed by atoms with Crippen LogP contribution in [0.2, 0.25) is 0 Å². The molecule has 0 aliphatic carbocycles. The number of aromatic nitrogens is 2. The average Bonchev–Trinajstić information content (AvgIpc) is 2.43. The second-order valence-electron chi connectivity index (χ2n) is 5.92. The van der Waals surface area contributed by atoms with E-state index in [1.165, 1.54) is 4.57 Å². The van der Waals surface area contributed by atoms with Gasteiger partial charge < -0.3 is 0 Å². The molecule has 0 radical (unpaired) electrons. The van der Waals surface area contributed by atoms with E-state index < -0.39 is 11.4 Å². The molecule has 1 aromatic carbocycles. The molecule has 0 saturated carbocycles. The highest BCUT2D eigenvalue weighted by Gasteiger charge is 2.42. The Bertz CT molecular complexity index is 869. The molecule has 1 aliphatic heterocycles. The highest BCUT2D eigenvalue weighted by molar-refractivity contribution is 6.01. The molecule has 1 aromatic heterocycles. The number of hydrogen-bond donors (Lipinski definition) is 1. The molecule has 6 nitrogen and oxygen atoms in total. The fourth-order valence-corrected chi connectivity index (χ4v) is 3.10. The number of rotatable bonds is 1. The van der Waals surface area contributed by atoms with Crippen LogP contribution in [0.5, 0.6) is 0 Å². The standard InChI is InChI=1S/C16H17N3O3/c1-9-5-4-6-11-13(9)14(21)19(10(2)17-11)16(3)8-7-12(20)18-15(16)22/h4-6H,7-8H2,1-3H3,(H,18,20,22)/t16-/m1/s1. The lowest BCUT2D eigenvalue weighted by Crippen LogP contribution is -2.56. The molecule has 2 amide bonds. The normalized spacial score (nSPS) is 22.0. The van der Waals surface area contributed by atoms with Gasteiger partial charge in [-0.25, -0.2) is 4.98 Å². The van der Waals surface area contributed by atoms with Gasteiger partial charge in [0.25, 0.3) is 11.5 Å². The summed E-state index contributed by atoms with van der Waals surface area (Å²) in [5.41, 5.74) is 0.0975. The van der Waals surface area contributed by atoms with Gasteiger partial charge in [0.15, 0.2) is 0 Å². The molecule has 1 atom stereocenters. The van der Waals surface area contributed by atoms with E-state index in [9.17, 15) is 14.4 Å². The molecule has 2 heterocycles. The predicted octanol–water partition coefficient (Wildman–Crippen LogP) is 1.17. The van der Waals surface area contributed by atoms with Crippen LogP contribution in [0.15, 0.2) is 23.0 Å². The van der Waals surface area contributed by atoms with Crippen molar-refractivity contribution in [1.82, 2.24) is 14.9 Å². The van der Waals surface area contributed by atoms with E-state index in [-0.39, 0.29) is 24.3 Å². The summed E-state index contributed by atoms with van der Waals surface area (Å²) in [7, 11) is 0. The van der Waals surface area contributed by atoms with Crippen molar-refractivity contribution in [3.05, 3.63) is 39.9 Å². The summed E-state index contributed by atoms with van der Waals surface area (Å²) in [6, 6.07) is 5.48. The van der Waals surface area contributed by atoms with E-state index in [2.05, 4.69) is 10.3 Å². The maximum absolute atomic E-state index is 13.0. The van der Waals surface area contributed by atoms with Crippen molar-refractivity contribution in [2.75, 3.05) is 0 Å². The topological polar surface area (TPSA) is 81.1 Å². The van der Waals surface area contributed by atoms with E-state index >= 15 is 0 Å². The Morgan fingerprint density at radius 3 is 2.64 bits per heavy atom. The van der Waals surface area contributed by atoms with Crippen molar-refractivity contribution in [3.63, 3.8) is 0 Å². The Morgan fingerprint density at radius 1 is 1.23 bits per heavy atom. The van der Waals surface area contributed by atoms with E-state index in [1.807, 2.05) is 19.1 Å². The summed E-state index contributed by atoms with van der Waals surface area (Å²) in [5.74, 6) is -0.295. The lowest BCUT2D eigenvalue weighted by molar-refractivity contribution is -0.140. The summed E-state index contributed by atoms with van der Waals surface area (Å²) in [4.78, 5) is 41.2. The first kappa shape index (κ1) is 14.4. The maximum atomic E-state index is 13.0. The lowest BCUT2D eigenvalue weighted by atomic mass is 9.90. The summed E-state index contributed by atoms with van der Waals surface area (Å²) in [6.07, 6.45) is 0.497. The van der Waals surface area contributed by atoms with Gasteiger partial charge in [-0.2, -0.15) is 0 Å². The Labute approximate surface area is 127 Å². The molecule has 22 heavy (non-hydrogen) atoms. The first-order valence-corrected chi connectivity index (χ1v) is 7.18. The number of carbonyl (C=O) groups excluding carboxylic acids is 2. The van der Waals surface area contributed by atoms with Crippen LogP contribution in [0.3, 0.4) is 0 Å². The molecule has 0 bridgehead atoms. The fourth-order valence-electron chi connectivity index (χ4n) is 3.10. The molecule has 0 unspecified atom stereocenters. The first-order chi connectivity index (χ1) is 10.3. The van der Waals surface area contributed by atoms with Gasteiger partial charge in [0, 0.05) is 6.42 Å². The van der Waals surface area contributed by atoms with Gasteiger partial charge in [-0.1, -0.05) is 12.1 Å². The van der Waals surface area contributed by atoms with Crippen LogP contribution in [0.25, 0.3) is 10.9 Å². The summed E-state index contributed by atoms with van der Waals surface area (Å²) in [6.45, 7) is 5.23. The number of nitrogens with one attached hydrogen (secondary N) is 1. The van der Waals surface area contributed by atoms with Gasteiger partial charge in [-0.3, -0.25) is 24.3 Å². The van der Waals surface area contributed by atoms with E-state index in [0.29, 0.717) is 16.7 Å². The van der Waals surface area contributed by atoms with Crippen LogP contribution in [0.1, 0.15) is 31.2 Å². The Kier molecular flexibility index (Phi) is 3.12. The monoisotopic (exact) mass is 299 g/mol. The number of carbonyl (C=O) groups is 2. The number of hydrogen-bond acceptors (Lipinski definition) is 4. The summed E-state index contributed by atoms with van der Waals surface area (Å²) in [5, 5.41) is 2.83. The van der Waals surface area contributed by atoms with Crippen LogP contribution in [-0.4, -0.2) is 21.4 Å². The molecule has 1 aliphatic rings. The Balaban J connectivity index is 2.32. The highest BCUT2D eigenvalue weighted by atomic mass is 16.2. The number of fused-ring (bicyclic) bond motifs is 1. The van der Waals surface area contributed by atoms with Gasteiger partial charge in [0.1, 0.15) is 11.4 Å². The second-order valence-corrected chi connectivity index (χ2v) is 5.92. The third-order valence-electron chi connectivity index (χ3n) is 4.35. The molecule has 2 aromatic rings. The zero-order valence-electron chi connectivity index (χ0n) is 12.8. The summed E-state index contributed by atoms with van der Waals surface area (Å²) >= 11 is 0. The van der Waals surface area contributed by atoms with Gasteiger partial charge >= 0.3 is 0 Å². The molecule has 1 saturated heterocycles. The molecule has 1 fully saturated rings. The minimum Gasteiger partial charge on any atom is -0.294 e. The van der Waals surface area contributed by atoms with Gasteiger partial charge in [-0.15, -0.1) is 0 Å². The average molecular weight is 299 g/mol. The third kappa shape index (κ3) is 1.94. The van der Waals surface area contributed by atoms with Gasteiger partial charge in [-0.05, 0) is 38.8 Å². The molecule has 3 rings (SSSR count). The van der Waals surface area contributed by atoms with Crippen LogP contribution in [0.4, 0.5) is 0 Å². The second kappa shape index (κ2) is 4.76. The quantitative estimate of drug-likeness (QED) is 0.801. The van der Waals surface area contributed by atoms with Crippen molar-refractivity contribution in [2.45, 2.75) is 39.2 Å². The number of benzene rings is 1. The van der Waals surface area contributed by atoms with Crippen LogP contribution < -0.4 is 10.9 Å². The molecule has 1 N–H and O–H groups in total. The molecular formula is C16H17N3O3. The molecular weight excluding hydrogens is 282 g/mol. The Morgan fingerprint density at radius 2 is 1.95 bits per heavy atom. The van der Waals surface area contributed by atoms with E-state index in [4.69, 9.17) is 0 Å². The third-order valence-corrected chi connectivity index (χ3v) is 4.35. The minimum atomic E-state index is -1.10. The van der Waals surface area contributed by atoms with Crippen molar-refractivity contribution in [3.8, 4) is 0 Å². The van der Waals surface area contributed by atoms with E-state index in [0.717, 1.165) is 5.56 Å². The Hall–Kier alpha value is -2.50. The molecule has 0 spiro atoms. The smallest absolute Gasteiger partial charge is 0.262 e. The minimum absolute atomic E-state index is 0.208. The van der Waals surface area contributed by atoms with Gasteiger partial charge in [0.05, 0.1) is 10.9 Å². The number of nitrogens with zero attached hydrogens (tertiary/aromatic N) is 2. The van der Waals surface area contributed by atoms with Crippen molar-refractivity contribution in [2.24, 2.45) is 0 Å².